The minimum Gasteiger partial charge on any atom is -0.353 e. The van der Waals surface area contributed by atoms with Crippen LogP contribution in [-0.2, 0) is 16.6 Å². The number of amides is 2. The third kappa shape index (κ3) is 5.87. The molecule has 29 heavy (non-hydrogen) atoms. The molecule has 1 aliphatic rings. The lowest BCUT2D eigenvalue weighted by atomic mass is 10.1. The van der Waals surface area contributed by atoms with Gasteiger partial charge < -0.3 is 15.2 Å². The fraction of sp³-hybridized carbons (Fsp3) is 0.455. The molecule has 1 saturated heterocycles. The van der Waals surface area contributed by atoms with E-state index in [4.69, 9.17) is 0 Å². The summed E-state index contributed by atoms with van der Waals surface area (Å²) < 4.78 is 2.09. The zero-order valence-electron chi connectivity index (χ0n) is 17.2. The van der Waals surface area contributed by atoms with Crippen molar-refractivity contribution in [2.24, 2.45) is 7.05 Å². The zero-order valence-corrected chi connectivity index (χ0v) is 18.0. The molecular weight excluding hydrogens is 384 g/mol. The molecule has 1 aromatic carbocycles. The Labute approximate surface area is 177 Å². The Hall–Kier alpha value is -2.25. The van der Waals surface area contributed by atoms with E-state index in [1.165, 1.54) is 25.7 Å². The van der Waals surface area contributed by atoms with Gasteiger partial charge in [0.15, 0.2) is 0 Å². The van der Waals surface area contributed by atoms with Gasteiger partial charge in [-0.25, -0.2) is 0 Å². The van der Waals surface area contributed by atoms with Crippen LogP contribution in [0.3, 0.4) is 0 Å². The Kier molecular flexibility index (Phi) is 7.77. The summed E-state index contributed by atoms with van der Waals surface area (Å²) in [5.41, 5.74) is 1.78. The van der Waals surface area contributed by atoms with Crippen LogP contribution < -0.4 is 10.6 Å². The predicted octanol–water partition coefficient (Wildman–Crippen LogP) is 3.42. The topological polar surface area (TPSA) is 66.4 Å². The summed E-state index contributed by atoms with van der Waals surface area (Å²) in [4.78, 5) is 28.3. The average Bonchev–Trinajstić information content (AvgIpc) is 2.98. The molecule has 1 atom stereocenters. The lowest BCUT2D eigenvalue weighted by Gasteiger charge is -2.31. The van der Waals surface area contributed by atoms with Crippen molar-refractivity contribution >= 4 is 29.3 Å². The highest BCUT2D eigenvalue weighted by molar-refractivity contribution is 7.98. The number of likely N-dealkylation sites (tertiary alicyclic amines) is 1. The first-order valence-corrected chi connectivity index (χ1v) is 11.4. The first-order valence-electron chi connectivity index (χ1n) is 10.2. The molecule has 2 amide bonds. The van der Waals surface area contributed by atoms with Gasteiger partial charge in [-0.05, 0) is 62.5 Å². The predicted molar refractivity (Wildman–Crippen MR) is 118 cm³/mol. The van der Waals surface area contributed by atoms with Crippen LogP contribution in [0.25, 0.3) is 0 Å². The van der Waals surface area contributed by atoms with Gasteiger partial charge in [-0.15, -0.1) is 11.8 Å². The Morgan fingerprint density at radius 3 is 2.48 bits per heavy atom. The smallest absolute Gasteiger partial charge is 0.313 e. The number of thioether (sulfide) groups is 1. The molecule has 0 aliphatic carbocycles. The summed E-state index contributed by atoms with van der Waals surface area (Å²) in [5.74, 6) is -1.24. The van der Waals surface area contributed by atoms with Gasteiger partial charge in [0.25, 0.3) is 0 Å². The normalized spacial score (nSPS) is 16.1. The molecule has 1 fully saturated rings. The van der Waals surface area contributed by atoms with Crippen molar-refractivity contribution in [3.8, 4) is 0 Å². The SMILES string of the molecule is CSc1cccc(NC(=O)C(=O)NCC(c2cccn2C)N2CCCCCC2)c1. The van der Waals surface area contributed by atoms with E-state index < -0.39 is 11.8 Å². The largest absolute Gasteiger partial charge is 0.353 e. The number of rotatable bonds is 6. The first-order chi connectivity index (χ1) is 14.1. The second kappa shape index (κ2) is 10.5. The van der Waals surface area contributed by atoms with Crippen LogP contribution in [0.5, 0.6) is 0 Å². The maximum absolute atomic E-state index is 12.5. The highest BCUT2D eigenvalue weighted by Gasteiger charge is 2.25. The molecule has 1 unspecified atom stereocenters. The van der Waals surface area contributed by atoms with E-state index in [2.05, 4.69) is 26.2 Å². The lowest BCUT2D eigenvalue weighted by Crippen LogP contribution is -2.42. The highest BCUT2D eigenvalue weighted by atomic mass is 32.2. The zero-order chi connectivity index (χ0) is 20.6. The molecule has 2 aromatic rings. The van der Waals surface area contributed by atoms with Gasteiger partial charge in [-0.3, -0.25) is 14.5 Å². The molecular formula is C22H30N4O2S. The number of benzene rings is 1. The van der Waals surface area contributed by atoms with Crippen molar-refractivity contribution in [2.45, 2.75) is 36.6 Å². The number of carbonyl (C=O) groups excluding carboxylic acids is 2. The third-order valence-corrected chi connectivity index (χ3v) is 6.12. The lowest BCUT2D eigenvalue weighted by molar-refractivity contribution is -0.136. The van der Waals surface area contributed by atoms with Gasteiger partial charge >= 0.3 is 11.8 Å². The summed E-state index contributed by atoms with van der Waals surface area (Å²) in [6.07, 6.45) is 8.83. The van der Waals surface area contributed by atoms with Crippen molar-refractivity contribution in [2.75, 3.05) is 31.2 Å². The Balaban J connectivity index is 1.64. The van der Waals surface area contributed by atoms with Crippen molar-refractivity contribution in [1.29, 1.82) is 0 Å². The molecule has 2 heterocycles. The van der Waals surface area contributed by atoms with Gasteiger partial charge in [-0.1, -0.05) is 18.9 Å². The van der Waals surface area contributed by atoms with Gasteiger partial charge in [0.2, 0.25) is 0 Å². The van der Waals surface area contributed by atoms with Crippen LogP contribution in [0.1, 0.15) is 37.4 Å². The molecule has 3 rings (SSSR count). The van der Waals surface area contributed by atoms with Crippen LogP contribution >= 0.6 is 11.8 Å². The molecule has 156 valence electrons. The standard InChI is InChI=1S/C22H30N4O2S/c1-25-12-8-11-19(25)20(26-13-5-3-4-6-14-26)16-23-21(27)22(28)24-17-9-7-10-18(15-17)29-2/h7-12,15,20H,3-6,13-14,16H2,1-2H3,(H,23,27)(H,24,28). The molecule has 0 spiro atoms. The average molecular weight is 415 g/mol. The van der Waals surface area contributed by atoms with Crippen molar-refractivity contribution in [1.82, 2.24) is 14.8 Å². The minimum absolute atomic E-state index is 0.0599. The van der Waals surface area contributed by atoms with Crippen molar-refractivity contribution < 1.29 is 9.59 Å². The summed E-state index contributed by atoms with van der Waals surface area (Å²) in [7, 11) is 2.02. The summed E-state index contributed by atoms with van der Waals surface area (Å²) in [5, 5.41) is 5.55. The number of carbonyl (C=O) groups is 2. The number of aryl methyl sites for hydroxylation is 1. The molecule has 1 aliphatic heterocycles. The van der Waals surface area contributed by atoms with Crippen LogP contribution in [0.15, 0.2) is 47.5 Å². The molecule has 0 radical (unpaired) electrons. The van der Waals surface area contributed by atoms with Crippen LogP contribution in [0.2, 0.25) is 0 Å². The number of anilines is 1. The van der Waals surface area contributed by atoms with Crippen LogP contribution in [0, 0.1) is 0 Å². The van der Waals surface area contributed by atoms with Crippen molar-refractivity contribution in [3.63, 3.8) is 0 Å². The second-order valence-electron chi connectivity index (χ2n) is 7.41. The number of nitrogens with zero attached hydrogens (tertiary/aromatic N) is 2. The molecule has 1 aromatic heterocycles. The molecule has 7 heteroatoms. The van der Waals surface area contributed by atoms with E-state index in [0.29, 0.717) is 12.2 Å². The number of aromatic nitrogens is 1. The quantitative estimate of drug-likeness (QED) is 0.562. The van der Waals surface area contributed by atoms with Crippen LogP contribution in [-0.4, -0.2) is 47.2 Å². The van der Waals surface area contributed by atoms with Gasteiger partial charge in [0, 0.05) is 36.1 Å². The third-order valence-electron chi connectivity index (χ3n) is 5.40. The molecule has 0 bridgehead atoms. The summed E-state index contributed by atoms with van der Waals surface area (Å²) in [6, 6.07) is 11.7. The Morgan fingerprint density at radius 2 is 1.83 bits per heavy atom. The van der Waals surface area contributed by atoms with Gasteiger partial charge in [0.1, 0.15) is 0 Å². The monoisotopic (exact) mass is 414 g/mol. The van der Waals surface area contributed by atoms with Gasteiger partial charge in [-0.2, -0.15) is 0 Å². The highest BCUT2D eigenvalue weighted by Crippen LogP contribution is 2.24. The Morgan fingerprint density at radius 1 is 1.07 bits per heavy atom. The maximum atomic E-state index is 12.5. The molecule has 0 saturated carbocycles. The van der Waals surface area contributed by atoms with Crippen LogP contribution in [0.4, 0.5) is 5.69 Å². The van der Waals surface area contributed by atoms with E-state index >= 15 is 0 Å². The number of nitrogens with one attached hydrogen (secondary N) is 2. The Bertz CT molecular complexity index is 828. The molecule has 2 N–H and O–H groups in total. The van der Waals surface area contributed by atoms with E-state index in [9.17, 15) is 9.59 Å². The fourth-order valence-electron chi connectivity index (χ4n) is 3.81. The van der Waals surface area contributed by atoms with Gasteiger partial charge in [0.05, 0.1) is 6.04 Å². The second-order valence-corrected chi connectivity index (χ2v) is 8.29. The fourth-order valence-corrected chi connectivity index (χ4v) is 4.27. The van der Waals surface area contributed by atoms with E-state index in [0.717, 1.165) is 23.7 Å². The minimum atomic E-state index is -0.634. The van der Waals surface area contributed by atoms with E-state index in [1.54, 1.807) is 17.8 Å². The number of hydrogen-bond acceptors (Lipinski definition) is 4. The summed E-state index contributed by atoms with van der Waals surface area (Å²) in [6.45, 7) is 2.44. The molecule has 6 nitrogen and oxygen atoms in total. The maximum Gasteiger partial charge on any atom is 0.313 e. The van der Waals surface area contributed by atoms with Crippen molar-refractivity contribution in [3.05, 3.63) is 48.3 Å². The van der Waals surface area contributed by atoms with E-state index in [-0.39, 0.29) is 6.04 Å². The van der Waals surface area contributed by atoms with E-state index in [1.807, 2.05) is 43.8 Å². The summed E-state index contributed by atoms with van der Waals surface area (Å²) >= 11 is 1.59. The first kappa shape index (κ1) is 21.5. The number of hydrogen-bond donors (Lipinski definition) is 2.